The first-order valence-electron chi connectivity index (χ1n) is 13.6. The zero-order chi connectivity index (χ0) is 31.5. The second-order valence-corrected chi connectivity index (χ2v) is 11.7. The third-order valence-corrected chi connectivity index (χ3v) is 7.23. The van der Waals surface area contributed by atoms with E-state index in [0.717, 1.165) is 11.1 Å². The number of hydrogen-bond acceptors (Lipinski definition) is 5. The molecule has 3 aromatic rings. The number of ether oxygens (including phenoxy) is 2. The SMILES string of the molecule is C=CCc1cc(/C=N\NC(=O)[C@@H](CC(C)C)NC(=O)c2ccc(Cl)cc2Cl)cc(OCC)c1OCc1ccc(Cl)cc1Cl. The molecule has 3 rings (SSSR count). The second kappa shape index (κ2) is 16.6. The molecule has 0 aromatic heterocycles. The van der Waals surface area contributed by atoms with Gasteiger partial charge in [-0.15, -0.1) is 6.58 Å². The molecule has 2 N–H and O–H groups in total. The molecule has 0 aliphatic rings. The largest absolute Gasteiger partial charge is 0.490 e. The van der Waals surface area contributed by atoms with Crippen LogP contribution in [0.1, 0.15) is 54.2 Å². The number of hydrogen-bond donors (Lipinski definition) is 2. The van der Waals surface area contributed by atoms with Crippen molar-refractivity contribution in [2.24, 2.45) is 11.0 Å². The molecule has 0 saturated heterocycles. The quantitative estimate of drug-likeness (QED) is 0.103. The Labute approximate surface area is 272 Å². The molecule has 0 spiro atoms. The van der Waals surface area contributed by atoms with Crippen LogP contribution in [-0.4, -0.2) is 30.7 Å². The lowest BCUT2D eigenvalue weighted by molar-refractivity contribution is -0.123. The maximum absolute atomic E-state index is 13.1. The number of nitrogens with zero attached hydrogens (tertiary/aromatic N) is 1. The van der Waals surface area contributed by atoms with E-state index in [1.807, 2.05) is 26.8 Å². The number of hydrazone groups is 1. The van der Waals surface area contributed by atoms with Crippen LogP contribution in [0.25, 0.3) is 0 Å². The summed E-state index contributed by atoms with van der Waals surface area (Å²) in [5, 5.41) is 8.53. The van der Waals surface area contributed by atoms with Crippen molar-refractivity contribution in [1.82, 2.24) is 10.7 Å². The Kier molecular flexibility index (Phi) is 13.2. The Morgan fingerprint density at radius 1 is 0.953 bits per heavy atom. The summed E-state index contributed by atoms with van der Waals surface area (Å²) in [6.07, 6.45) is 4.13. The highest BCUT2D eigenvalue weighted by molar-refractivity contribution is 6.37. The van der Waals surface area contributed by atoms with Gasteiger partial charge in [-0.1, -0.05) is 72.4 Å². The molecule has 0 unspecified atom stereocenters. The molecule has 43 heavy (non-hydrogen) atoms. The number of halogens is 4. The van der Waals surface area contributed by atoms with Crippen LogP contribution >= 0.6 is 46.4 Å². The van der Waals surface area contributed by atoms with Crippen molar-refractivity contribution >= 4 is 64.4 Å². The van der Waals surface area contributed by atoms with Gasteiger partial charge in [-0.25, -0.2) is 5.43 Å². The summed E-state index contributed by atoms with van der Waals surface area (Å²) in [4.78, 5) is 25.9. The number of nitrogens with one attached hydrogen (secondary N) is 2. The number of rotatable bonds is 14. The van der Waals surface area contributed by atoms with Gasteiger partial charge >= 0.3 is 0 Å². The van der Waals surface area contributed by atoms with Crippen LogP contribution in [0.5, 0.6) is 11.5 Å². The summed E-state index contributed by atoms with van der Waals surface area (Å²) in [7, 11) is 0. The molecule has 11 heteroatoms. The van der Waals surface area contributed by atoms with E-state index in [4.69, 9.17) is 55.9 Å². The Morgan fingerprint density at radius 2 is 1.65 bits per heavy atom. The predicted octanol–water partition coefficient (Wildman–Crippen LogP) is 8.30. The topological polar surface area (TPSA) is 89.0 Å². The Balaban J connectivity index is 1.79. The molecule has 0 saturated carbocycles. The van der Waals surface area contributed by atoms with E-state index in [0.29, 0.717) is 51.6 Å². The highest BCUT2D eigenvalue weighted by Crippen LogP contribution is 2.35. The number of benzene rings is 3. The molecule has 228 valence electrons. The van der Waals surface area contributed by atoms with Gasteiger partial charge in [-0.3, -0.25) is 9.59 Å². The van der Waals surface area contributed by atoms with E-state index in [1.54, 1.807) is 36.4 Å². The lowest BCUT2D eigenvalue weighted by Gasteiger charge is -2.19. The van der Waals surface area contributed by atoms with E-state index in [1.165, 1.54) is 18.3 Å². The molecule has 0 aliphatic carbocycles. The Bertz CT molecular complexity index is 1490. The summed E-state index contributed by atoms with van der Waals surface area (Å²) in [6, 6.07) is 12.5. The Morgan fingerprint density at radius 3 is 2.28 bits per heavy atom. The maximum Gasteiger partial charge on any atom is 0.262 e. The van der Waals surface area contributed by atoms with Crippen molar-refractivity contribution < 1.29 is 19.1 Å². The van der Waals surface area contributed by atoms with Crippen LogP contribution in [0.4, 0.5) is 0 Å². The van der Waals surface area contributed by atoms with Crippen LogP contribution in [0.3, 0.4) is 0 Å². The van der Waals surface area contributed by atoms with Crippen LogP contribution in [0.15, 0.2) is 66.3 Å². The zero-order valence-corrected chi connectivity index (χ0v) is 27.1. The lowest BCUT2D eigenvalue weighted by atomic mass is 10.0. The van der Waals surface area contributed by atoms with Crippen LogP contribution in [0.2, 0.25) is 20.1 Å². The maximum atomic E-state index is 13.1. The van der Waals surface area contributed by atoms with Gasteiger partial charge in [0.2, 0.25) is 0 Å². The van der Waals surface area contributed by atoms with Gasteiger partial charge in [0.05, 0.1) is 23.4 Å². The summed E-state index contributed by atoms with van der Waals surface area (Å²) in [5.41, 5.74) is 5.00. The first-order chi connectivity index (χ1) is 20.5. The third kappa shape index (κ3) is 10.2. The van der Waals surface area contributed by atoms with E-state index in [-0.39, 0.29) is 23.1 Å². The molecular weight excluding hydrogens is 632 g/mol. The fraction of sp³-hybridized carbons (Fsp3) is 0.281. The van der Waals surface area contributed by atoms with Crippen molar-refractivity contribution in [2.45, 2.75) is 46.3 Å². The molecule has 1 atom stereocenters. The number of carbonyl (C=O) groups excluding carboxylic acids is 2. The first kappa shape index (κ1) is 34.3. The minimum absolute atomic E-state index is 0.117. The molecule has 0 bridgehead atoms. The molecule has 0 fully saturated rings. The molecule has 7 nitrogen and oxygen atoms in total. The van der Waals surface area contributed by atoms with Crippen molar-refractivity contribution in [1.29, 1.82) is 0 Å². The van der Waals surface area contributed by atoms with Gasteiger partial charge in [-0.05, 0) is 73.7 Å². The first-order valence-corrected chi connectivity index (χ1v) is 15.1. The van der Waals surface area contributed by atoms with E-state index in [9.17, 15) is 9.59 Å². The van der Waals surface area contributed by atoms with E-state index < -0.39 is 17.9 Å². The van der Waals surface area contributed by atoms with E-state index in [2.05, 4.69) is 22.4 Å². The minimum atomic E-state index is -0.845. The second-order valence-electron chi connectivity index (χ2n) is 9.97. The van der Waals surface area contributed by atoms with Crippen molar-refractivity contribution in [3.8, 4) is 11.5 Å². The fourth-order valence-electron chi connectivity index (χ4n) is 4.14. The van der Waals surface area contributed by atoms with Crippen LogP contribution < -0.4 is 20.2 Å². The van der Waals surface area contributed by atoms with Crippen molar-refractivity contribution in [3.05, 3.63) is 104 Å². The normalized spacial score (nSPS) is 11.8. The van der Waals surface area contributed by atoms with Crippen molar-refractivity contribution in [2.75, 3.05) is 6.61 Å². The molecule has 0 heterocycles. The minimum Gasteiger partial charge on any atom is -0.490 e. The van der Waals surface area contributed by atoms with Gasteiger partial charge in [0.15, 0.2) is 11.5 Å². The van der Waals surface area contributed by atoms with E-state index >= 15 is 0 Å². The van der Waals surface area contributed by atoms with Crippen LogP contribution in [-0.2, 0) is 17.8 Å². The van der Waals surface area contributed by atoms with Gasteiger partial charge in [-0.2, -0.15) is 5.10 Å². The molecule has 0 aliphatic heterocycles. The summed E-state index contributed by atoms with van der Waals surface area (Å²) in [5.74, 6) is 0.210. The van der Waals surface area contributed by atoms with Gasteiger partial charge in [0.25, 0.3) is 11.8 Å². The molecule has 2 amide bonds. The monoisotopic (exact) mass is 663 g/mol. The van der Waals surface area contributed by atoms with Crippen LogP contribution in [0, 0.1) is 5.92 Å². The van der Waals surface area contributed by atoms with Crippen molar-refractivity contribution in [3.63, 3.8) is 0 Å². The zero-order valence-electron chi connectivity index (χ0n) is 24.1. The van der Waals surface area contributed by atoms with Gasteiger partial charge in [0, 0.05) is 26.2 Å². The highest BCUT2D eigenvalue weighted by Gasteiger charge is 2.23. The Hall–Kier alpha value is -3.23. The van der Waals surface area contributed by atoms with Gasteiger partial charge in [0.1, 0.15) is 12.6 Å². The third-order valence-electron chi connectivity index (χ3n) is 6.10. The molecule has 0 radical (unpaired) electrons. The van der Waals surface area contributed by atoms with Gasteiger partial charge < -0.3 is 14.8 Å². The highest BCUT2D eigenvalue weighted by atomic mass is 35.5. The summed E-state index contributed by atoms with van der Waals surface area (Å²) in [6.45, 7) is 10.2. The number of allylic oxidation sites excluding steroid dienone is 1. The fourth-order valence-corrected chi connectivity index (χ4v) is 5.10. The standard InChI is InChI=1S/C32H33Cl4N3O4/c1-5-7-21-13-20(14-29(42-6-2)30(21)43-18-22-8-9-23(33)15-26(22)35)17-37-39-32(41)28(12-19(3)4)38-31(40)25-11-10-24(34)16-27(25)36/h5,8-11,13-17,19,28H,1,6-7,12,18H2,2-4H3,(H,38,40)(H,39,41)/b37-17-/t28-/m1/s1. The summed E-state index contributed by atoms with van der Waals surface area (Å²) < 4.78 is 12.0. The average molecular weight is 665 g/mol. The average Bonchev–Trinajstić information content (AvgIpc) is 2.93. The predicted molar refractivity (Wildman–Crippen MR) is 175 cm³/mol. The lowest BCUT2D eigenvalue weighted by Crippen LogP contribution is -2.46. The molecule has 3 aromatic carbocycles. The number of carbonyl (C=O) groups is 2. The smallest absolute Gasteiger partial charge is 0.262 e. The number of amides is 2. The molecular formula is C32H33Cl4N3O4. The summed E-state index contributed by atoms with van der Waals surface area (Å²) >= 11 is 24.5.